The van der Waals surface area contributed by atoms with Crippen molar-refractivity contribution in [3.8, 4) is 11.4 Å². The highest BCUT2D eigenvalue weighted by Gasteiger charge is 2.25. The second-order valence-corrected chi connectivity index (χ2v) is 7.14. The highest BCUT2D eigenvalue weighted by atomic mass is 16.5. The number of aryl methyl sites for hydroxylation is 1. The monoisotopic (exact) mass is 377 g/mol. The number of hydrogen-bond donors (Lipinski definition) is 0. The molecule has 2 heterocycles. The van der Waals surface area contributed by atoms with Crippen molar-refractivity contribution < 1.29 is 9.53 Å². The SMILES string of the molecule is Cc1ccccc1OC[C@@H]1CCCN(C(=O)c2ccc(-n3cnnn3)cc2)C1. The maximum absolute atomic E-state index is 12.9. The van der Waals surface area contributed by atoms with Gasteiger partial charge >= 0.3 is 0 Å². The number of rotatable bonds is 5. The van der Waals surface area contributed by atoms with Crippen molar-refractivity contribution in [2.45, 2.75) is 19.8 Å². The van der Waals surface area contributed by atoms with Gasteiger partial charge in [-0.05, 0) is 66.1 Å². The molecular weight excluding hydrogens is 354 g/mol. The summed E-state index contributed by atoms with van der Waals surface area (Å²) < 4.78 is 7.57. The molecule has 2 aromatic carbocycles. The average molecular weight is 377 g/mol. The summed E-state index contributed by atoms with van der Waals surface area (Å²) in [7, 11) is 0. The van der Waals surface area contributed by atoms with E-state index < -0.39 is 0 Å². The van der Waals surface area contributed by atoms with E-state index in [2.05, 4.69) is 15.5 Å². The van der Waals surface area contributed by atoms with Crippen LogP contribution in [0.15, 0.2) is 54.9 Å². The van der Waals surface area contributed by atoms with Crippen LogP contribution < -0.4 is 4.74 Å². The molecule has 7 nitrogen and oxygen atoms in total. The van der Waals surface area contributed by atoms with E-state index in [1.54, 1.807) is 4.68 Å². The maximum atomic E-state index is 12.9. The van der Waals surface area contributed by atoms with Crippen LogP contribution in [0.5, 0.6) is 5.75 Å². The summed E-state index contributed by atoms with van der Waals surface area (Å²) in [6.07, 6.45) is 3.60. The molecule has 144 valence electrons. The second kappa shape index (κ2) is 8.21. The number of carbonyl (C=O) groups is 1. The third kappa shape index (κ3) is 4.03. The van der Waals surface area contributed by atoms with Gasteiger partial charge in [-0.3, -0.25) is 4.79 Å². The minimum Gasteiger partial charge on any atom is -0.493 e. The lowest BCUT2D eigenvalue weighted by atomic mass is 9.98. The van der Waals surface area contributed by atoms with Crippen molar-refractivity contribution >= 4 is 5.91 Å². The molecule has 1 amide bonds. The molecule has 4 rings (SSSR count). The van der Waals surface area contributed by atoms with E-state index >= 15 is 0 Å². The zero-order valence-corrected chi connectivity index (χ0v) is 15.9. The molecule has 7 heteroatoms. The molecule has 0 aliphatic carbocycles. The van der Waals surface area contributed by atoms with Crippen LogP contribution in [-0.2, 0) is 0 Å². The summed E-state index contributed by atoms with van der Waals surface area (Å²) in [5.41, 5.74) is 2.64. The van der Waals surface area contributed by atoms with E-state index in [9.17, 15) is 4.79 Å². The highest BCUT2D eigenvalue weighted by Crippen LogP contribution is 2.22. The van der Waals surface area contributed by atoms with Gasteiger partial charge in [-0.2, -0.15) is 0 Å². The lowest BCUT2D eigenvalue weighted by Gasteiger charge is -2.33. The Bertz CT molecular complexity index is 924. The predicted molar refractivity (Wildman–Crippen MR) is 104 cm³/mol. The standard InChI is InChI=1S/C21H23N5O2/c1-16-5-2-3-7-20(16)28-14-17-6-4-12-25(13-17)21(27)18-8-10-19(11-9-18)26-15-22-23-24-26/h2-3,5,7-11,15,17H,4,6,12-14H2,1H3/t17-/m1/s1. The summed E-state index contributed by atoms with van der Waals surface area (Å²) in [5, 5.41) is 11.1. The number of piperidine rings is 1. The van der Waals surface area contributed by atoms with Gasteiger partial charge in [-0.15, -0.1) is 5.10 Å². The lowest BCUT2D eigenvalue weighted by molar-refractivity contribution is 0.0633. The van der Waals surface area contributed by atoms with E-state index in [1.807, 2.05) is 60.4 Å². The molecular formula is C21H23N5O2. The molecule has 1 aliphatic rings. The van der Waals surface area contributed by atoms with E-state index in [1.165, 1.54) is 6.33 Å². The summed E-state index contributed by atoms with van der Waals surface area (Å²) in [5.74, 6) is 1.32. The molecule has 1 saturated heterocycles. The maximum Gasteiger partial charge on any atom is 0.253 e. The number of ether oxygens (including phenoxy) is 1. The zero-order valence-electron chi connectivity index (χ0n) is 15.9. The first-order valence-electron chi connectivity index (χ1n) is 9.52. The van der Waals surface area contributed by atoms with Crippen LogP contribution in [0.4, 0.5) is 0 Å². The van der Waals surface area contributed by atoms with Gasteiger partial charge in [0, 0.05) is 24.6 Å². The van der Waals surface area contributed by atoms with E-state index in [4.69, 9.17) is 4.74 Å². The Labute approximate surface area is 163 Å². The summed E-state index contributed by atoms with van der Waals surface area (Å²) in [4.78, 5) is 14.8. The van der Waals surface area contributed by atoms with E-state index in [-0.39, 0.29) is 5.91 Å². The lowest BCUT2D eigenvalue weighted by Crippen LogP contribution is -2.41. The predicted octanol–water partition coefficient (Wildman–Crippen LogP) is 2.90. The third-order valence-corrected chi connectivity index (χ3v) is 5.10. The molecule has 1 fully saturated rings. The van der Waals surface area contributed by atoms with Crippen LogP contribution in [0, 0.1) is 12.8 Å². The van der Waals surface area contributed by atoms with Crippen LogP contribution in [0.3, 0.4) is 0 Å². The smallest absolute Gasteiger partial charge is 0.253 e. The molecule has 1 atom stereocenters. The van der Waals surface area contributed by atoms with Gasteiger partial charge in [-0.1, -0.05) is 18.2 Å². The Kier molecular flexibility index (Phi) is 5.32. The third-order valence-electron chi connectivity index (χ3n) is 5.10. The largest absolute Gasteiger partial charge is 0.493 e. The molecule has 0 saturated carbocycles. The Balaban J connectivity index is 1.37. The number of nitrogens with zero attached hydrogens (tertiary/aromatic N) is 5. The van der Waals surface area contributed by atoms with Gasteiger partial charge in [-0.25, -0.2) is 4.68 Å². The molecule has 0 bridgehead atoms. The van der Waals surface area contributed by atoms with Gasteiger partial charge in [0.05, 0.1) is 12.3 Å². The van der Waals surface area contributed by atoms with Crippen LogP contribution in [0.1, 0.15) is 28.8 Å². The molecule has 1 aliphatic heterocycles. The number of tetrazole rings is 1. The quantitative estimate of drug-likeness (QED) is 0.684. The van der Waals surface area contributed by atoms with Crippen LogP contribution in [-0.4, -0.2) is 50.7 Å². The zero-order chi connectivity index (χ0) is 19.3. The Morgan fingerprint density at radius 2 is 2.00 bits per heavy atom. The number of aromatic nitrogens is 4. The van der Waals surface area contributed by atoms with Crippen LogP contribution >= 0.6 is 0 Å². The molecule has 3 aromatic rings. The number of amides is 1. The fourth-order valence-electron chi connectivity index (χ4n) is 3.53. The van der Waals surface area contributed by atoms with Gasteiger partial charge in [0.1, 0.15) is 12.1 Å². The van der Waals surface area contributed by atoms with Gasteiger partial charge < -0.3 is 9.64 Å². The average Bonchev–Trinajstić information content (AvgIpc) is 3.28. The number of benzene rings is 2. The molecule has 0 spiro atoms. The van der Waals surface area contributed by atoms with Gasteiger partial charge in [0.2, 0.25) is 0 Å². The molecule has 28 heavy (non-hydrogen) atoms. The van der Waals surface area contributed by atoms with Crippen molar-refractivity contribution in [2.24, 2.45) is 5.92 Å². The fraction of sp³-hybridized carbons (Fsp3) is 0.333. The minimum atomic E-state index is 0.0591. The molecule has 1 aromatic heterocycles. The topological polar surface area (TPSA) is 73.1 Å². The first-order valence-corrected chi connectivity index (χ1v) is 9.52. The van der Waals surface area contributed by atoms with Crippen LogP contribution in [0.2, 0.25) is 0 Å². The number of hydrogen-bond acceptors (Lipinski definition) is 5. The normalized spacial score (nSPS) is 16.8. The summed E-state index contributed by atoms with van der Waals surface area (Å²) >= 11 is 0. The molecule has 0 N–H and O–H groups in total. The first-order chi connectivity index (χ1) is 13.7. The van der Waals surface area contributed by atoms with Gasteiger partial charge in [0.15, 0.2) is 0 Å². The number of para-hydroxylation sites is 1. The van der Waals surface area contributed by atoms with Crippen molar-refractivity contribution in [3.63, 3.8) is 0 Å². The Hall–Kier alpha value is -3.22. The first kappa shape index (κ1) is 18.2. The Morgan fingerprint density at radius 1 is 1.18 bits per heavy atom. The number of likely N-dealkylation sites (tertiary alicyclic amines) is 1. The number of carbonyl (C=O) groups excluding carboxylic acids is 1. The minimum absolute atomic E-state index is 0.0591. The van der Waals surface area contributed by atoms with E-state index in [0.29, 0.717) is 18.1 Å². The second-order valence-electron chi connectivity index (χ2n) is 7.14. The van der Waals surface area contributed by atoms with E-state index in [0.717, 1.165) is 42.9 Å². The summed E-state index contributed by atoms with van der Waals surface area (Å²) in [6.45, 7) is 4.19. The van der Waals surface area contributed by atoms with Crippen LogP contribution in [0.25, 0.3) is 5.69 Å². The highest BCUT2D eigenvalue weighted by molar-refractivity contribution is 5.94. The van der Waals surface area contributed by atoms with Crippen molar-refractivity contribution in [3.05, 3.63) is 66.0 Å². The van der Waals surface area contributed by atoms with Crippen molar-refractivity contribution in [2.75, 3.05) is 19.7 Å². The molecule has 0 radical (unpaired) electrons. The van der Waals surface area contributed by atoms with Crippen molar-refractivity contribution in [1.82, 2.24) is 25.1 Å². The summed E-state index contributed by atoms with van der Waals surface area (Å²) in [6, 6.07) is 15.4. The van der Waals surface area contributed by atoms with Gasteiger partial charge in [0.25, 0.3) is 5.91 Å². The Morgan fingerprint density at radius 3 is 2.75 bits per heavy atom. The fourth-order valence-corrected chi connectivity index (χ4v) is 3.53. The molecule has 0 unspecified atom stereocenters. The van der Waals surface area contributed by atoms with Crippen molar-refractivity contribution in [1.29, 1.82) is 0 Å².